The highest BCUT2D eigenvalue weighted by atomic mass is 32.2. The molecule has 140 valence electrons. The van der Waals surface area contributed by atoms with Crippen molar-refractivity contribution in [3.63, 3.8) is 0 Å². The number of nitrogens with one attached hydrogen (secondary N) is 1. The van der Waals surface area contributed by atoms with E-state index in [1.54, 1.807) is 32.4 Å². The molecule has 0 saturated carbocycles. The zero-order chi connectivity index (χ0) is 19.4. The summed E-state index contributed by atoms with van der Waals surface area (Å²) in [5.74, 6) is 1.09. The fourth-order valence-corrected chi connectivity index (χ4v) is 3.70. The minimum Gasteiger partial charge on any atom is -0.493 e. The number of benzene rings is 2. The molecule has 5 nitrogen and oxygen atoms in total. The number of carbonyl (C=O) groups excluding carboxylic acids is 1. The van der Waals surface area contributed by atoms with Crippen molar-refractivity contribution in [2.75, 3.05) is 19.5 Å². The van der Waals surface area contributed by atoms with Crippen molar-refractivity contribution in [3.05, 3.63) is 54.1 Å². The van der Waals surface area contributed by atoms with Crippen molar-refractivity contribution < 1.29 is 14.3 Å². The van der Waals surface area contributed by atoms with Crippen LogP contribution in [0.1, 0.15) is 12.5 Å². The number of carbonyl (C=O) groups is 1. The van der Waals surface area contributed by atoms with Crippen molar-refractivity contribution in [1.82, 2.24) is 4.98 Å². The Morgan fingerprint density at radius 3 is 2.56 bits per heavy atom. The summed E-state index contributed by atoms with van der Waals surface area (Å²) in [7, 11) is 3.14. The first kappa shape index (κ1) is 19.0. The average Bonchev–Trinajstić information content (AvgIpc) is 2.67. The largest absolute Gasteiger partial charge is 0.493 e. The van der Waals surface area contributed by atoms with E-state index in [4.69, 9.17) is 9.47 Å². The number of anilines is 1. The van der Waals surface area contributed by atoms with Crippen molar-refractivity contribution in [3.8, 4) is 11.5 Å². The Bertz CT molecular complexity index is 975. The first-order valence-corrected chi connectivity index (χ1v) is 9.45. The van der Waals surface area contributed by atoms with Crippen molar-refractivity contribution >= 4 is 34.3 Å². The van der Waals surface area contributed by atoms with Gasteiger partial charge in [-0.3, -0.25) is 4.79 Å². The average molecular weight is 382 g/mol. The highest BCUT2D eigenvalue weighted by molar-refractivity contribution is 8.00. The van der Waals surface area contributed by atoms with Crippen LogP contribution in [0.2, 0.25) is 0 Å². The molecule has 1 N–H and O–H groups in total. The van der Waals surface area contributed by atoms with Gasteiger partial charge in [-0.25, -0.2) is 4.98 Å². The molecule has 3 aromatic rings. The zero-order valence-electron chi connectivity index (χ0n) is 15.8. The van der Waals surface area contributed by atoms with Crippen LogP contribution in [0.15, 0.2) is 53.6 Å². The monoisotopic (exact) mass is 382 g/mol. The van der Waals surface area contributed by atoms with E-state index in [0.29, 0.717) is 17.2 Å². The number of rotatable bonds is 6. The SMILES string of the molecule is COc1ccc(NC(=O)C(C)Sc2cc(C)c3ccccc3n2)cc1OC. The number of methoxy groups -OCH3 is 2. The van der Waals surface area contributed by atoms with Gasteiger partial charge in [0.1, 0.15) is 0 Å². The third-order valence-electron chi connectivity index (χ3n) is 4.22. The van der Waals surface area contributed by atoms with Gasteiger partial charge in [-0.15, -0.1) is 0 Å². The number of para-hydroxylation sites is 1. The minimum absolute atomic E-state index is 0.0974. The van der Waals surface area contributed by atoms with Gasteiger partial charge >= 0.3 is 0 Å². The van der Waals surface area contributed by atoms with E-state index < -0.39 is 0 Å². The van der Waals surface area contributed by atoms with Gasteiger partial charge in [-0.1, -0.05) is 30.0 Å². The van der Waals surface area contributed by atoms with E-state index in [9.17, 15) is 4.79 Å². The van der Waals surface area contributed by atoms with Crippen molar-refractivity contribution in [2.45, 2.75) is 24.1 Å². The second-order valence-corrected chi connectivity index (χ2v) is 7.47. The number of aromatic nitrogens is 1. The van der Waals surface area contributed by atoms with Crippen LogP contribution in [-0.4, -0.2) is 30.4 Å². The summed E-state index contributed by atoms with van der Waals surface area (Å²) in [5.41, 5.74) is 2.75. The second kappa shape index (κ2) is 8.31. The highest BCUT2D eigenvalue weighted by Gasteiger charge is 2.17. The van der Waals surface area contributed by atoms with E-state index in [2.05, 4.69) is 23.3 Å². The highest BCUT2D eigenvalue weighted by Crippen LogP contribution is 2.31. The van der Waals surface area contributed by atoms with E-state index in [1.807, 2.05) is 31.2 Å². The Balaban J connectivity index is 1.73. The molecular weight excluding hydrogens is 360 g/mol. The number of pyridine rings is 1. The maximum Gasteiger partial charge on any atom is 0.237 e. The van der Waals surface area contributed by atoms with Crippen LogP contribution in [0.5, 0.6) is 11.5 Å². The number of amides is 1. The standard InChI is InChI=1S/C21H22N2O3S/c1-13-11-20(23-17-8-6-5-7-16(13)17)27-14(2)21(24)22-15-9-10-18(25-3)19(12-15)26-4/h5-12,14H,1-4H3,(H,22,24). The second-order valence-electron chi connectivity index (χ2n) is 6.11. The summed E-state index contributed by atoms with van der Waals surface area (Å²) in [4.78, 5) is 17.2. The first-order valence-electron chi connectivity index (χ1n) is 8.57. The predicted octanol–water partition coefficient (Wildman–Crippen LogP) is 4.68. The molecule has 0 aliphatic rings. The molecule has 2 aromatic carbocycles. The molecule has 3 rings (SSSR count). The van der Waals surface area contributed by atoms with Crippen LogP contribution in [0.4, 0.5) is 5.69 Å². The fraction of sp³-hybridized carbons (Fsp3) is 0.238. The van der Waals surface area contributed by atoms with Gasteiger partial charge < -0.3 is 14.8 Å². The molecule has 27 heavy (non-hydrogen) atoms. The minimum atomic E-state index is -0.300. The number of ether oxygens (including phenoxy) is 2. The molecule has 1 heterocycles. The Hall–Kier alpha value is -2.73. The smallest absolute Gasteiger partial charge is 0.237 e. The van der Waals surface area contributed by atoms with Crippen molar-refractivity contribution in [1.29, 1.82) is 0 Å². The lowest BCUT2D eigenvalue weighted by Crippen LogP contribution is -2.22. The lowest BCUT2D eigenvalue weighted by atomic mass is 10.1. The topological polar surface area (TPSA) is 60.5 Å². The normalized spacial score (nSPS) is 11.9. The number of fused-ring (bicyclic) bond motifs is 1. The van der Waals surface area contributed by atoms with E-state index >= 15 is 0 Å². The quantitative estimate of drug-likeness (QED) is 0.627. The van der Waals surface area contributed by atoms with E-state index in [1.165, 1.54) is 11.8 Å². The maximum absolute atomic E-state index is 12.6. The maximum atomic E-state index is 12.6. The Kier molecular flexibility index (Phi) is 5.86. The van der Waals surface area contributed by atoms with E-state index in [-0.39, 0.29) is 11.2 Å². The third-order valence-corrected chi connectivity index (χ3v) is 5.24. The summed E-state index contributed by atoms with van der Waals surface area (Å²) in [5, 5.41) is 4.58. The summed E-state index contributed by atoms with van der Waals surface area (Å²) >= 11 is 1.44. The molecule has 0 saturated heterocycles. The fourth-order valence-electron chi connectivity index (χ4n) is 2.77. The molecule has 1 amide bonds. The van der Waals surface area contributed by atoms with Gasteiger partial charge in [-0.2, -0.15) is 0 Å². The molecule has 0 bridgehead atoms. The van der Waals surface area contributed by atoms with Crippen LogP contribution in [0.3, 0.4) is 0 Å². The summed E-state index contributed by atoms with van der Waals surface area (Å²) < 4.78 is 10.5. The molecule has 0 aliphatic carbocycles. The van der Waals surface area contributed by atoms with Gasteiger partial charge in [0.05, 0.1) is 30.0 Å². The lowest BCUT2D eigenvalue weighted by molar-refractivity contribution is -0.115. The van der Waals surface area contributed by atoms with Crippen LogP contribution in [0, 0.1) is 6.92 Å². The number of aryl methyl sites for hydroxylation is 1. The molecule has 0 aliphatic heterocycles. The van der Waals surface area contributed by atoms with Crippen molar-refractivity contribution in [2.24, 2.45) is 0 Å². The molecule has 6 heteroatoms. The molecular formula is C21H22N2O3S. The van der Waals surface area contributed by atoms with Gasteiger partial charge in [0.25, 0.3) is 0 Å². The summed E-state index contributed by atoms with van der Waals surface area (Å²) in [6.07, 6.45) is 0. The summed E-state index contributed by atoms with van der Waals surface area (Å²) in [6.45, 7) is 3.93. The molecule has 1 aromatic heterocycles. The molecule has 1 unspecified atom stereocenters. The van der Waals surface area contributed by atoms with Gasteiger partial charge in [0, 0.05) is 17.1 Å². The predicted molar refractivity (Wildman–Crippen MR) is 110 cm³/mol. The summed E-state index contributed by atoms with van der Waals surface area (Å²) in [6, 6.07) is 15.3. The Morgan fingerprint density at radius 1 is 1.07 bits per heavy atom. The molecule has 0 radical (unpaired) electrons. The van der Waals surface area contributed by atoms with Gasteiger partial charge in [0.15, 0.2) is 11.5 Å². The zero-order valence-corrected chi connectivity index (χ0v) is 16.6. The van der Waals surface area contributed by atoms with Gasteiger partial charge in [0.2, 0.25) is 5.91 Å². The van der Waals surface area contributed by atoms with Crippen LogP contribution < -0.4 is 14.8 Å². The first-order chi connectivity index (χ1) is 13.0. The lowest BCUT2D eigenvalue weighted by Gasteiger charge is -2.14. The van der Waals surface area contributed by atoms with Gasteiger partial charge in [-0.05, 0) is 43.7 Å². The van der Waals surface area contributed by atoms with Crippen LogP contribution in [0.25, 0.3) is 10.9 Å². The number of nitrogens with zero attached hydrogens (tertiary/aromatic N) is 1. The Morgan fingerprint density at radius 2 is 1.81 bits per heavy atom. The Labute approximate surface area is 163 Å². The van der Waals surface area contributed by atoms with Crippen LogP contribution in [-0.2, 0) is 4.79 Å². The number of hydrogen-bond donors (Lipinski definition) is 1. The number of thioether (sulfide) groups is 1. The molecule has 0 spiro atoms. The molecule has 1 atom stereocenters. The third kappa shape index (κ3) is 4.34. The molecule has 0 fully saturated rings. The van der Waals surface area contributed by atoms with E-state index in [0.717, 1.165) is 21.5 Å². The number of hydrogen-bond acceptors (Lipinski definition) is 5. The van der Waals surface area contributed by atoms with Crippen LogP contribution >= 0.6 is 11.8 Å².